The Morgan fingerprint density at radius 3 is 2.14 bits per heavy atom. The average molecular weight is 384 g/mol. The molecule has 2 aromatic rings. The predicted octanol–water partition coefficient (Wildman–Crippen LogP) is 2.15. The molecule has 7 nitrogen and oxygen atoms in total. The molecule has 148 valence electrons. The molecule has 0 saturated carbocycles. The molecule has 1 amide bonds. The van der Waals surface area contributed by atoms with Crippen LogP contribution in [0.15, 0.2) is 48.5 Å². The van der Waals surface area contributed by atoms with Crippen molar-refractivity contribution in [3.05, 3.63) is 59.7 Å². The number of rotatable bonds is 9. The fraction of sp³-hybridized carbons (Fsp3) is 0.286. The summed E-state index contributed by atoms with van der Waals surface area (Å²) in [5.74, 6) is -0.510. The standard InChI is InChI=1S/C21H24N2O5/c1-22(2)18-8-4-16(5-9-18)12-23(3)20(25)14-28-21(26)15-27-19-10-6-17(13-24)7-11-19/h4-11,13H,12,14-15H2,1-3H3. The molecule has 0 aliphatic heterocycles. The number of carbonyl (C=O) groups excluding carboxylic acids is 3. The molecular formula is C21H24N2O5. The third-order valence-corrected chi connectivity index (χ3v) is 4.03. The summed E-state index contributed by atoms with van der Waals surface area (Å²) >= 11 is 0. The Morgan fingerprint density at radius 2 is 1.57 bits per heavy atom. The van der Waals surface area contributed by atoms with E-state index in [2.05, 4.69) is 0 Å². The van der Waals surface area contributed by atoms with Gasteiger partial charge in [-0.3, -0.25) is 9.59 Å². The van der Waals surface area contributed by atoms with Gasteiger partial charge in [0.1, 0.15) is 12.0 Å². The first kappa shape index (κ1) is 21.0. The second-order valence-electron chi connectivity index (χ2n) is 6.45. The van der Waals surface area contributed by atoms with Crippen molar-refractivity contribution >= 4 is 23.9 Å². The largest absolute Gasteiger partial charge is 0.482 e. The van der Waals surface area contributed by atoms with Gasteiger partial charge in [-0.05, 0) is 42.0 Å². The van der Waals surface area contributed by atoms with E-state index in [9.17, 15) is 14.4 Å². The Balaban J connectivity index is 1.73. The molecule has 0 N–H and O–H groups in total. The van der Waals surface area contributed by atoms with Crippen LogP contribution in [-0.4, -0.2) is 57.4 Å². The number of hydrogen-bond donors (Lipinski definition) is 0. The highest BCUT2D eigenvalue weighted by molar-refractivity contribution is 5.81. The Labute approximate surface area is 164 Å². The zero-order chi connectivity index (χ0) is 20.5. The summed E-state index contributed by atoms with van der Waals surface area (Å²) in [4.78, 5) is 38.0. The van der Waals surface area contributed by atoms with E-state index in [0.717, 1.165) is 17.5 Å². The summed E-state index contributed by atoms with van der Waals surface area (Å²) in [6, 6.07) is 14.2. The van der Waals surface area contributed by atoms with Crippen LogP contribution in [0.5, 0.6) is 5.75 Å². The van der Waals surface area contributed by atoms with Crippen molar-refractivity contribution in [1.29, 1.82) is 0 Å². The Hall–Kier alpha value is -3.35. The first-order valence-corrected chi connectivity index (χ1v) is 8.73. The summed E-state index contributed by atoms with van der Waals surface area (Å²) in [6.45, 7) is -0.244. The quantitative estimate of drug-likeness (QED) is 0.487. The number of ether oxygens (including phenoxy) is 2. The second-order valence-corrected chi connectivity index (χ2v) is 6.45. The zero-order valence-corrected chi connectivity index (χ0v) is 16.3. The number of aldehydes is 1. The Kier molecular flexibility index (Phi) is 7.56. The summed E-state index contributed by atoms with van der Waals surface area (Å²) in [7, 11) is 5.58. The third-order valence-electron chi connectivity index (χ3n) is 4.03. The summed E-state index contributed by atoms with van der Waals surface area (Å²) in [5, 5.41) is 0. The van der Waals surface area contributed by atoms with Gasteiger partial charge in [-0.2, -0.15) is 0 Å². The molecule has 28 heavy (non-hydrogen) atoms. The van der Waals surface area contributed by atoms with Gasteiger partial charge in [0.05, 0.1) is 0 Å². The normalized spacial score (nSPS) is 10.1. The number of esters is 1. The Morgan fingerprint density at radius 1 is 0.929 bits per heavy atom. The number of benzene rings is 2. The van der Waals surface area contributed by atoms with Crippen LogP contribution < -0.4 is 9.64 Å². The van der Waals surface area contributed by atoms with Crippen molar-refractivity contribution < 1.29 is 23.9 Å². The maximum absolute atomic E-state index is 12.1. The van der Waals surface area contributed by atoms with E-state index in [1.165, 1.54) is 4.90 Å². The lowest BCUT2D eigenvalue weighted by Crippen LogP contribution is -2.31. The van der Waals surface area contributed by atoms with Crippen molar-refractivity contribution in [1.82, 2.24) is 4.90 Å². The lowest BCUT2D eigenvalue weighted by molar-refractivity contribution is -0.153. The molecule has 2 aromatic carbocycles. The predicted molar refractivity (Wildman–Crippen MR) is 106 cm³/mol. The molecule has 0 aliphatic rings. The van der Waals surface area contributed by atoms with Crippen LogP contribution >= 0.6 is 0 Å². The van der Waals surface area contributed by atoms with E-state index in [1.807, 2.05) is 43.3 Å². The fourth-order valence-corrected chi connectivity index (χ4v) is 2.34. The SMILES string of the molecule is CN(Cc1ccc(N(C)C)cc1)C(=O)COC(=O)COc1ccc(C=O)cc1. The van der Waals surface area contributed by atoms with Gasteiger partial charge in [0, 0.05) is 38.9 Å². The molecule has 2 rings (SSSR count). The molecular weight excluding hydrogens is 360 g/mol. The van der Waals surface area contributed by atoms with E-state index in [0.29, 0.717) is 17.9 Å². The molecule has 0 bridgehead atoms. The highest BCUT2D eigenvalue weighted by Crippen LogP contribution is 2.13. The molecule has 7 heteroatoms. The Bertz CT molecular complexity index is 801. The summed E-state index contributed by atoms with van der Waals surface area (Å²) in [5.41, 5.74) is 2.57. The molecule has 0 fully saturated rings. The topological polar surface area (TPSA) is 76.2 Å². The van der Waals surface area contributed by atoms with Gasteiger partial charge in [-0.1, -0.05) is 12.1 Å². The molecule has 0 aromatic heterocycles. The van der Waals surface area contributed by atoms with Crippen molar-refractivity contribution in [2.75, 3.05) is 39.3 Å². The van der Waals surface area contributed by atoms with Gasteiger partial charge in [0.2, 0.25) is 0 Å². The van der Waals surface area contributed by atoms with Crippen molar-refractivity contribution in [3.8, 4) is 5.75 Å². The number of likely N-dealkylation sites (N-methyl/N-ethyl adjacent to an activating group) is 1. The van der Waals surface area contributed by atoms with Crippen LogP contribution in [0.25, 0.3) is 0 Å². The lowest BCUT2D eigenvalue weighted by Gasteiger charge is -2.18. The van der Waals surface area contributed by atoms with Crippen molar-refractivity contribution in [2.24, 2.45) is 0 Å². The van der Waals surface area contributed by atoms with Crippen molar-refractivity contribution in [2.45, 2.75) is 6.54 Å². The first-order chi connectivity index (χ1) is 13.4. The van der Waals surface area contributed by atoms with Gasteiger partial charge >= 0.3 is 5.97 Å². The molecule has 0 radical (unpaired) electrons. The van der Waals surface area contributed by atoms with Crippen LogP contribution in [0.1, 0.15) is 15.9 Å². The van der Waals surface area contributed by atoms with Gasteiger partial charge in [-0.25, -0.2) is 4.79 Å². The van der Waals surface area contributed by atoms with E-state index in [-0.39, 0.29) is 19.1 Å². The molecule has 0 aliphatic carbocycles. The van der Waals surface area contributed by atoms with E-state index in [4.69, 9.17) is 9.47 Å². The van der Waals surface area contributed by atoms with Crippen LogP contribution in [0.3, 0.4) is 0 Å². The summed E-state index contributed by atoms with van der Waals surface area (Å²) in [6.07, 6.45) is 0.719. The number of carbonyl (C=O) groups is 3. The minimum absolute atomic E-state index is 0.305. The van der Waals surface area contributed by atoms with Gasteiger partial charge < -0.3 is 19.3 Å². The maximum Gasteiger partial charge on any atom is 0.344 e. The van der Waals surface area contributed by atoms with E-state index in [1.54, 1.807) is 31.3 Å². The lowest BCUT2D eigenvalue weighted by atomic mass is 10.2. The van der Waals surface area contributed by atoms with E-state index < -0.39 is 5.97 Å². The molecule has 0 spiro atoms. The van der Waals surface area contributed by atoms with Gasteiger partial charge in [-0.15, -0.1) is 0 Å². The number of hydrogen-bond acceptors (Lipinski definition) is 6. The van der Waals surface area contributed by atoms with Crippen LogP contribution in [-0.2, 0) is 20.9 Å². The average Bonchev–Trinajstić information content (AvgIpc) is 2.71. The molecule has 0 saturated heterocycles. The minimum atomic E-state index is -0.642. The third kappa shape index (κ3) is 6.42. The van der Waals surface area contributed by atoms with E-state index >= 15 is 0 Å². The van der Waals surface area contributed by atoms with Crippen LogP contribution in [0.4, 0.5) is 5.69 Å². The second kappa shape index (κ2) is 10.1. The van der Waals surface area contributed by atoms with Crippen molar-refractivity contribution in [3.63, 3.8) is 0 Å². The monoisotopic (exact) mass is 384 g/mol. The van der Waals surface area contributed by atoms with Crippen LogP contribution in [0.2, 0.25) is 0 Å². The van der Waals surface area contributed by atoms with Crippen LogP contribution in [0, 0.1) is 0 Å². The molecule has 0 atom stereocenters. The molecule has 0 heterocycles. The number of nitrogens with zero attached hydrogens (tertiary/aromatic N) is 2. The smallest absolute Gasteiger partial charge is 0.344 e. The summed E-state index contributed by atoms with van der Waals surface area (Å²) < 4.78 is 10.2. The maximum atomic E-state index is 12.1. The highest BCUT2D eigenvalue weighted by Gasteiger charge is 2.13. The molecule has 0 unspecified atom stereocenters. The highest BCUT2D eigenvalue weighted by atomic mass is 16.6. The zero-order valence-electron chi connectivity index (χ0n) is 16.3. The minimum Gasteiger partial charge on any atom is -0.482 e. The first-order valence-electron chi connectivity index (χ1n) is 8.73. The van der Waals surface area contributed by atoms with Gasteiger partial charge in [0.25, 0.3) is 5.91 Å². The number of amides is 1. The fourth-order valence-electron chi connectivity index (χ4n) is 2.34. The van der Waals surface area contributed by atoms with Gasteiger partial charge in [0.15, 0.2) is 13.2 Å². The number of anilines is 1.